The number of fused-ring (bicyclic) bond motifs is 2. The smallest absolute Gasteiger partial charge is 0.224 e. The Balaban J connectivity index is 1.69. The summed E-state index contributed by atoms with van der Waals surface area (Å²) in [5.41, 5.74) is 9.83. The fraction of sp³-hybridized carbons (Fsp3) is 0.333. The van der Waals surface area contributed by atoms with Crippen molar-refractivity contribution in [1.29, 1.82) is 0 Å². The molecule has 9 heteroatoms. The third-order valence-electron chi connectivity index (χ3n) is 4.74. The number of nitrogens with zero attached hydrogens (tertiary/aromatic N) is 5. The predicted octanol–water partition coefficient (Wildman–Crippen LogP) is 2.20. The second-order valence-corrected chi connectivity index (χ2v) is 7.39. The van der Waals surface area contributed by atoms with E-state index in [1.165, 1.54) is 5.56 Å². The monoisotopic (exact) mass is 428 g/mol. The first-order valence-electron chi connectivity index (χ1n) is 8.77. The molecule has 1 saturated heterocycles. The van der Waals surface area contributed by atoms with Gasteiger partial charge in [-0.05, 0) is 17.7 Å². The molecule has 0 spiro atoms. The molecular formula is C18H17BrN6O2. The zero-order valence-corrected chi connectivity index (χ0v) is 16.1. The number of anilines is 2. The van der Waals surface area contributed by atoms with Crippen molar-refractivity contribution in [3.63, 3.8) is 0 Å². The van der Waals surface area contributed by atoms with Gasteiger partial charge in [-0.1, -0.05) is 15.9 Å². The van der Waals surface area contributed by atoms with Crippen LogP contribution in [0.25, 0.3) is 22.4 Å². The minimum Gasteiger partial charge on any atom is -0.492 e. The number of benzene rings is 1. The van der Waals surface area contributed by atoms with E-state index < -0.39 is 0 Å². The van der Waals surface area contributed by atoms with Gasteiger partial charge in [-0.15, -0.1) is 0 Å². The first kappa shape index (κ1) is 16.6. The zero-order valence-electron chi connectivity index (χ0n) is 14.5. The third-order valence-corrected chi connectivity index (χ3v) is 5.20. The van der Waals surface area contributed by atoms with E-state index in [2.05, 4.69) is 41.8 Å². The number of aromatic nitrogens is 4. The van der Waals surface area contributed by atoms with Gasteiger partial charge < -0.3 is 20.1 Å². The van der Waals surface area contributed by atoms with Gasteiger partial charge in [0.1, 0.15) is 5.75 Å². The fourth-order valence-electron chi connectivity index (χ4n) is 3.49. The van der Waals surface area contributed by atoms with Crippen LogP contribution in [0.1, 0.15) is 5.56 Å². The first-order valence-corrected chi connectivity index (χ1v) is 9.57. The van der Waals surface area contributed by atoms with Gasteiger partial charge in [0.25, 0.3) is 0 Å². The molecule has 0 unspecified atom stereocenters. The molecule has 0 atom stereocenters. The van der Waals surface area contributed by atoms with Crippen LogP contribution in [0.15, 0.2) is 22.8 Å². The number of morpholine rings is 1. The zero-order chi connectivity index (χ0) is 18.4. The van der Waals surface area contributed by atoms with Gasteiger partial charge >= 0.3 is 0 Å². The summed E-state index contributed by atoms with van der Waals surface area (Å²) < 4.78 is 12.3. The molecule has 1 aromatic carbocycles. The van der Waals surface area contributed by atoms with Crippen LogP contribution in [0.2, 0.25) is 0 Å². The number of nitrogen functional groups attached to an aromatic ring is 1. The Morgan fingerprint density at radius 3 is 2.78 bits per heavy atom. The molecule has 8 nitrogen and oxygen atoms in total. The maximum atomic E-state index is 5.90. The highest BCUT2D eigenvalue weighted by molar-refractivity contribution is 9.10. The highest BCUT2D eigenvalue weighted by atomic mass is 79.9. The van der Waals surface area contributed by atoms with Crippen molar-refractivity contribution in [3.05, 3.63) is 28.4 Å². The Bertz CT molecular complexity index is 1040. The Kier molecular flexibility index (Phi) is 4.05. The lowest BCUT2D eigenvalue weighted by molar-refractivity contribution is 0.122. The van der Waals surface area contributed by atoms with Crippen LogP contribution in [0.5, 0.6) is 5.75 Å². The highest BCUT2D eigenvalue weighted by Gasteiger charge is 2.22. The van der Waals surface area contributed by atoms with Crippen molar-refractivity contribution in [1.82, 2.24) is 19.9 Å². The molecule has 138 valence electrons. The maximum Gasteiger partial charge on any atom is 0.224 e. The topological polar surface area (TPSA) is 99.3 Å². The SMILES string of the molecule is Nc1nc(N2CCOCC2)c2nc(-c3cc(Br)cc4c3OCC4)cnc2n1. The highest BCUT2D eigenvalue weighted by Crippen LogP contribution is 2.39. The average molecular weight is 429 g/mol. The van der Waals surface area contributed by atoms with E-state index in [0.29, 0.717) is 36.8 Å². The molecule has 2 aromatic heterocycles. The molecule has 0 bridgehead atoms. The molecule has 0 aliphatic carbocycles. The number of nitrogens with two attached hydrogens (primary N) is 1. The molecule has 2 aliphatic rings. The molecule has 4 heterocycles. The van der Waals surface area contributed by atoms with E-state index >= 15 is 0 Å². The van der Waals surface area contributed by atoms with Crippen LogP contribution < -0.4 is 15.4 Å². The summed E-state index contributed by atoms with van der Waals surface area (Å²) in [6.45, 7) is 3.43. The van der Waals surface area contributed by atoms with Gasteiger partial charge in [0.2, 0.25) is 5.95 Å². The molecular weight excluding hydrogens is 412 g/mol. The van der Waals surface area contributed by atoms with Crippen molar-refractivity contribution < 1.29 is 9.47 Å². The van der Waals surface area contributed by atoms with Gasteiger partial charge in [-0.3, -0.25) is 0 Å². The summed E-state index contributed by atoms with van der Waals surface area (Å²) >= 11 is 3.58. The molecule has 2 N–H and O–H groups in total. The molecule has 0 saturated carbocycles. The minimum absolute atomic E-state index is 0.192. The fourth-order valence-corrected chi connectivity index (χ4v) is 4.00. The minimum atomic E-state index is 0.192. The lowest BCUT2D eigenvalue weighted by Crippen LogP contribution is -2.37. The lowest BCUT2D eigenvalue weighted by atomic mass is 10.1. The van der Waals surface area contributed by atoms with Crippen LogP contribution in [-0.4, -0.2) is 52.8 Å². The van der Waals surface area contributed by atoms with Gasteiger partial charge in [0, 0.05) is 29.5 Å². The van der Waals surface area contributed by atoms with Crippen molar-refractivity contribution in [2.24, 2.45) is 0 Å². The number of ether oxygens (including phenoxy) is 2. The number of hydrogen-bond acceptors (Lipinski definition) is 8. The van der Waals surface area contributed by atoms with E-state index in [1.54, 1.807) is 6.20 Å². The summed E-state index contributed by atoms with van der Waals surface area (Å²) in [6, 6.07) is 4.09. The molecule has 27 heavy (non-hydrogen) atoms. The van der Waals surface area contributed by atoms with Crippen molar-refractivity contribution in [3.8, 4) is 17.0 Å². The number of halogens is 1. The second kappa shape index (κ2) is 6.58. The van der Waals surface area contributed by atoms with Crippen LogP contribution in [0.3, 0.4) is 0 Å². The van der Waals surface area contributed by atoms with Crippen molar-refractivity contribution in [2.75, 3.05) is 43.5 Å². The van der Waals surface area contributed by atoms with Gasteiger partial charge in [0.05, 0.1) is 31.7 Å². The molecule has 0 radical (unpaired) electrons. The first-order chi connectivity index (χ1) is 13.2. The lowest BCUT2D eigenvalue weighted by Gasteiger charge is -2.28. The third kappa shape index (κ3) is 2.96. The van der Waals surface area contributed by atoms with E-state index in [-0.39, 0.29) is 5.95 Å². The quantitative estimate of drug-likeness (QED) is 0.662. The summed E-state index contributed by atoms with van der Waals surface area (Å²) in [4.78, 5) is 20.2. The summed E-state index contributed by atoms with van der Waals surface area (Å²) in [6.07, 6.45) is 2.60. The van der Waals surface area contributed by atoms with E-state index in [0.717, 1.165) is 41.0 Å². The molecule has 0 amide bonds. The summed E-state index contributed by atoms with van der Waals surface area (Å²) in [7, 11) is 0. The summed E-state index contributed by atoms with van der Waals surface area (Å²) in [5.74, 6) is 1.76. The Hall–Kier alpha value is -2.52. The predicted molar refractivity (Wildman–Crippen MR) is 105 cm³/mol. The maximum absolute atomic E-state index is 5.90. The van der Waals surface area contributed by atoms with Crippen LogP contribution in [0, 0.1) is 0 Å². The van der Waals surface area contributed by atoms with Crippen LogP contribution >= 0.6 is 15.9 Å². The van der Waals surface area contributed by atoms with Gasteiger partial charge in [-0.25, -0.2) is 9.97 Å². The van der Waals surface area contributed by atoms with E-state index in [1.807, 2.05) is 6.07 Å². The van der Waals surface area contributed by atoms with Gasteiger partial charge in [-0.2, -0.15) is 9.97 Å². The van der Waals surface area contributed by atoms with Gasteiger partial charge in [0.15, 0.2) is 17.0 Å². The normalized spacial score (nSPS) is 16.4. The van der Waals surface area contributed by atoms with Crippen molar-refractivity contribution >= 4 is 38.9 Å². The second-order valence-electron chi connectivity index (χ2n) is 6.47. The van der Waals surface area contributed by atoms with E-state index in [4.69, 9.17) is 20.2 Å². The molecule has 5 rings (SSSR count). The summed E-state index contributed by atoms with van der Waals surface area (Å²) in [5, 5.41) is 0. The largest absolute Gasteiger partial charge is 0.492 e. The van der Waals surface area contributed by atoms with E-state index in [9.17, 15) is 0 Å². The Morgan fingerprint density at radius 2 is 1.93 bits per heavy atom. The van der Waals surface area contributed by atoms with Crippen LogP contribution in [-0.2, 0) is 11.2 Å². The molecule has 3 aromatic rings. The average Bonchev–Trinajstić information content (AvgIpc) is 3.15. The Morgan fingerprint density at radius 1 is 1.07 bits per heavy atom. The number of rotatable bonds is 2. The number of hydrogen-bond donors (Lipinski definition) is 1. The molecule has 1 fully saturated rings. The Labute approximate surface area is 163 Å². The molecule has 2 aliphatic heterocycles. The van der Waals surface area contributed by atoms with Crippen molar-refractivity contribution in [2.45, 2.75) is 6.42 Å². The standard InChI is InChI=1S/C18H17BrN6O2/c19-11-7-10-1-4-27-15(10)12(8-11)13-9-21-16-14(22-13)17(24-18(20)23-16)25-2-5-26-6-3-25/h7-9H,1-6H2,(H2,20,21,23,24). The van der Waals surface area contributed by atoms with Crippen LogP contribution in [0.4, 0.5) is 11.8 Å².